The molecule has 6 heterocycles. The zero-order chi connectivity index (χ0) is 43.3. The molecule has 6 aromatic heterocycles. The molecule has 0 aliphatic rings. The van der Waals surface area contributed by atoms with Crippen LogP contribution in [0, 0.1) is 0 Å². The Labute approximate surface area is 371 Å². The van der Waals surface area contributed by atoms with E-state index in [-0.39, 0.29) is 16.9 Å². The number of nitrogens with zero attached hydrogens (tertiary/aromatic N) is 5. The summed E-state index contributed by atoms with van der Waals surface area (Å²) in [5, 5.41) is 28.3. The third-order valence-electron chi connectivity index (χ3n) is 9.42. The molecule has 2 unspecified atom stereocenters. The molecule has 1 amide bonds. The van der Waals surface area contributed by atoms with Gasteiger partial charge < -0.3 is 30.2 Å². The lowest BCUT2D eigenvalue weighted by Crippen LogP contribution is -2.37. The molecule has 0 fully saturated rings. The topological polar surface area (TPSA) is 165 Å². The van der Waals surface area contributed by atoms with E-state index in [4.69, 9.17) is 51.1 Å². The monoisotopic (exact) mass is 896 g/mol. The maximum absolute atomic E-state index is 13.0. The molecule has 312 valence electrons. The van der Waals surface area contributed by atoms with Crippen molar-refractivity contribution in [3.8, 4) is 0 Å². The molecule has 5 N–H and O–H groups in total. The summed E-state index contributed by atoms with van der Waals surface area (Å²) in [7, 11) is 0. The van der Waals surface area contributed by atoms with Crippen molar-refractivity contribution in [1.29, 1.82) is 0 Å². The smallest absolute Gasteiger partial charge is 0.416 e. The van der Waals surface area contributed by atoms with Crippen LogP contribution >= 0.6 is 46.4 Å². The molecule has 0 radical (unpaired) electrons. The van der Waals surface area contributed by atoms with Crippen molar-refractivity contribution in [3.63, 3.8) is 0 Å². The van der Waals surface area contributed by atoms with Crippen molar-refractivity contribution in [2.45, 2.75) is 51.7 Å². The first-order chi connectivity index (χ1) is 29.2. The molecule has 2 aromatic carbocycles. The van der Waals surface area contributed by atoms with Crippen LogP contribution in [0.3, 0.4) is 0 Å². The quantitative estimate of drug-likeness (QED) is 0.0840. The van der Waals surface area contributed by atoms with Gasteiger partial charge in [0.25, 0.3) is 0 Å². The van der Waals surface area contributed by atoms with E-state index in [1.54, 1.807) is 88.0 Å². The first-order valence-electron chi connectivity index (χ1n) is 19.0. The highest BCUT2D eigenvalue weighted by Crippen LogP contribution is 2.34. The van der Waals surface area contributed by atoms with Crippen LogP contribution in [0.1, 0.15) is 66.4 Å². The Morgan fingerprint density at radius 1 is 0.689 bits per heavy atom. The number of aliphatic hydroxyl groups is 2. The molecule has 0 saturated carbocycles. The van der Waals surface area contributed by atoms with Crippen molar-refractivity contribution in [2.24, 2.45) is 0 Å². The van der Waals surface area contributed by atoms with Gasteiger partial charge in [-0.05, 0) is 105 Å². The molecule has 12 nitrogen and oxygen atoms in total. The number of H-pyrrole nitrogens is 2. The molecule has 0 bridgehead atoms. The second-order valence-corrected chi connectivity index (χ2v) is 16.5. The minimum Gasteiger partial charge on any atom is -0.443 e. The zero-order valence-corrected chi connectivity index (χ0v) is 36.1. The average molecular weight is 899 g/mol. The van der Waals surface area contributed by atoms with Crippen molar-refractivity contribution in [2.75, 3.05) is 10.2 Å². The van der Waals surface area contributed by atoms with Crippen LogP contribution in [-0.4, -0.2) is 51.8 Å². The number of carbonyl (C=O) groups is 1. The number of rotatable bonds is 10. The Balaban J connectivity index is 0.000000189. The van der Waals surface area contributed by atoms with Gasteiger partial charge in [-0.1, -0.05) is 70.7 Å². The highest BCUT2D eigenvalue weighted by molar-refractivity contribution is 6.31. The molecule has 0 saturated heterocycles. The van der Waals surface area contributed by atoms with Gasteiger partial charge in [0.15, 0.2) is 0 Å². The number of aromatic amines is 2. The number of pyridine rings is 4. The van der Waals surface area contributed by atoms with Crippen LogP contribution in [0.15, 0.2) is 122 Å². The number of aliphatic hydroxyl groups excluding tert-OH is 2. The summed E-state index contributed by atoms with van der Waals surface area (Å²) < 4.78 is 5.59. The largest absolute Gasteiger partial charge is 0.443 e. The molecule has 8 rings (SSSR count). The number of carbonyl (C=O) groups excluding carboxylic acids is 1. The van der Waals surface area contributed by atoms with Crippen molar-refractivity contribution < 1.29 is 19.7 Å². The highest BCUT2D eigenvalue weighted by Gasteiger charge is 2.27. The number of halogens is 4. The molecule has 0 aliphatic carbocycles. The van der Waals surface area contributed by atoms with E-state index in [1.807, 2.05) is 54.6 Å². The Kier molecular flexibility index (Phi) is 13.4. The normalized spacial score (nSPS) is 12.4. The Morgan fingerprint density at radius 3 is 1.70 bits per heavy atom. The molecule has 2 atom stereocenters. The third kappa shape index (κ3) is 10.6. The van der Waals surface area contributed by atoms with Crippen LogP contribution in [0.25, 0.3) is 22.1 Å². The summed E-state index contributed by atoms with van der Waals surface area (Å²) in [6, 6.07) is 29.0. The zero-order valence-electron chi connectivity index (χ0n) is 33.1. The summed E-state index contributed by atoms with van der Waals surface area (Å²) in [5.74, 6) is 0.928. The second kappa shape index (κ2) is 18.9. The number of amides is 1. The number of anilines is 2. The summed E-state index contributed by atoms with van der Waals surface area (Å²) in [5.41, 5.74) is 4.89. The minimum atomic E-state index is -1.03. The van der Waals surface area contributed by atoms with Crippen molar-refractivity contribution in [3.05, 3.63) is 176 Å². The Bertz CT molecular complexity index is 2770. The van der Waals surface area contributed by atoms with Gasteiger partial charge >= 0.3 is 6.09 Å². The van der Waals surface area contributed by atoms with Crippen LogP contribution in [0.4, 0.5) is 16.4 Å². The molecule has 0 spiro atoms. The van der Waals surface area contributed by atoms with E-state index in [0.29, 0.717) is 56.1 Å². The molecular formula is C45H40Cl4N8O4. The average Bonchev–Trinajstić information content (AvgIpc) is 3.88. The van der Waals surface area contributed by atoms with E-state index in [9.17, 15) is 15.0 Å². The van der Waals surface area contributed by atoms with E-state index in [0.717, 1.165) is 27.5 Å². The highest BCUT2D eigenvalue weighted by atomic mass is 35.5. The Morgan fingerprint density at radius 2 is 1.20 bits per heavy atom. The maximum atomic E-state index is 13.0. The lowest BCUT2D eigenvalue weighted by Gasteiger charge is -2.27. The van der Waals surface area contributed by atoms with E-state index in [2.05, 4.69) is 35.2 Å². The number of hydrogen-bond donors (Lipinski definition) is 5. The van der Waals surface area contributed by atoms with Gasteiger partial charge in [0, 0.05) is 74.4 Å². The first kappa shape index (κ1) is 43.4. The molecule has 61 heavy (non-hydrogen) atoms. The van der Waals surface area contributed by atoms with Crippen molar-refractivity contribution >= 4 is 86.2 Å². The Hall–Kier alpha value is -5.73. The summed E-state index contributed by atoms with van der Waals surface area (Å²) in [6.07, 6.45) is 4.31. The van der Waals surface area contributed by atoms with Gasteiger partial charge in [-0.2, -0.15) is 0 Å². The fourth-order valence-corrected chi connectivity index (χ4v) is 7.16. The molecule has 0 aliphatic heterocycles. The van der Waals surface area contributed by atoms with Gasteiger partial charge in [-0.15, -0.1) is 0 Å². The summed E-state index contributed by atoms with van der Waals surface area (Å²) in [4.78, 5) is 37.8. The first-order valence-corrected chi connectivity index (χ1v) is 20.5. The lowest BCUT2D eigenvalue weighted by molar-refractivity contribution is 0.0576. The van der Waals surface area contributed by atoms with Gasteiger partial charge in [-0.25, -0.2) is 24.7 Å². The standard InChI is InChI=1S/C25H24Cl2N4O3.C20H16Cl2N4O/c1-25(2,3)34-24(33)31(14-15-6-8-16(26)9-7-15)20-11-10-18(22(27)30-20)21(32)19-13-29-23-17(19)5-4-12-28-23;21-13-5-3-12(4-6-13)10-24-17-8-7-15(19(22)26-17)18(27)16-11-25-20-14(16)2-1-9-23-20/h4-13,21,32H,14H2,1-3H3,(H,28,29);1-9,11,18,27H,10H2,(H,23,25)(H,24,26). The predicted molar refractivity (Wildman–Crippen MR) is 241 cm³/mol. The predicted octanol–water partition coefficient (Wildman–Crippen LogP) is 11.2. The number of aromatic nitrogens is 6. The molecule has 8 aromatic rings. The van der Waals surface area contributed by atoms with Gasteiger partial charge in [0.1, 0.15) is 51.0 Å². The van der Waals surface area contributed by atoms with E-state index in [1.165, 1.54) is 4.90 Å². The number of hydrogen-bond acceptors (Lipinski definition) is 9. The van der Waals surface area contributed by atoms with Crippen LogP contribution in [0.2, 0.25) is 20.4 Å². The number of ether oxygens (including phenoxy) is 1. The SMILES string of the molecule is CC(C)(C)OC(=O)N(Cc1ccc(Cl)cc1)c1ccc(C(O)c2c[nH]c3ncccc23)c(Cl)n1.OC(c1ccc(NCc2ccc(Cl)cc2)nc1Cl)c1c[nH]c2ncccc12. The van der Waals surface area contributed by atoms with E-state index >= 15 is 0 Å². The molecular weight excluding hydrogens is 858 g/mol. The van der Waals surface area contributed by atoms with Gasteiger partial charge in [0.05, 0.1) is 6.54 Å². The van der Waals surface area contributed by atoms with Crippen molar-refractivity contribution in [1.82, 2.24) is 29.9 Å². The fourth-order valence-electron chi connectivity index (χ4n) is 6.40. The van der Waals surface area contributed by atoms with Crippen LogP contribution < -0.4 is 10.2 Å². The van der Waals surface area contributed by atoms with E-state index < -0.39 is 23.9 Å². The lowest BCUT2D eigenvalue weighted by atomic mass is 10.0. The fraction of sp³-hybridized carbons (Fsp3) is 0.178. The summed E-state index contributed by atoms with van der Waals surface area (Å²) >= 11 is 24.7. The van der Waals surface area contributed by atoms with Gasteiger partial charge in [-0.3, -0.25) is 4.90 Å². The minimum absolute atomic E-state index is 0.0768. The number of nitrogens with one attached hydrogen (secondary N) is 3. The number of benzene rings is 2. The van der Waals surface area contributed by atoms with Crippen LogP contribution in [0.5, 0.6) is 0 Å². The van der Waals surface area contributed by atoms with Crippen LogP contribution in [-0.2, 0) is 17.8 Å². The third-order valence-corrected chi connectivity index (χ3v) is 10.5. The maximum Gasteiger partial charge on any atom is 0.416 e. The number of fused-ring (bicyclic) bond motifs is 2. The summed E-state index contributed by atoms with van der Waals surface area (Å²) in [6.45, 7) is 6.17. The molecule has 16 heteroatoms. The second-order valence-electron chi connectivity index (χ2n) is 14.9. The van der Waals surface area contributed by atoms with Gasteiger partial charge in [0.2, 0.25) is 0 Å².